The van der Waals surface area contributed by atoms with Gasteiger partial charge in [-0.25, -0.2) is 14.8 Å². The first-order valence-electron chi connectivity index (χ1n) is 9.65. The highest BCUT2D eigenvalue weighted by Crippen LogP contribution is 2.28. The maximum absolute atomic E-state index is 11.7. The van der Waals surface area contributed by atoms with Crippen molar-refractivity contribution in [1.29, 1.82) is 0 Å². The molecule has 29 heavy (non-hydrogen) atoms. The van der Waals surface area contributed by atoms with E-state index in [-0.39, 0.29) is 5.41 Å². The van der Waals surface area contributed by atoms with E-state index in [1.165, 1.54) is 5.56 Å². The van der Waals surface area contributed by atoms with E-state index in [9.17, 15) is 9.90 Å². The molecule has 3 aromatic rings. The second kappa shape index (κ2) is 8.82. The lowest BCUT2D eigenvalue weighted by atomic mass is 9.87. The molecule has 0 saturated carbocycles. The molecule has 2 N–H and O–H groups in total. The van der Waals surface area contributed by atoms with Crippen molar-refractivity contribution >= 4 is 34.5 Å². The number of benzene rings is 2. The summed E-state index contributed by atoms with van der Waals surface area (Å²) in [7, 11) is 0. The smallest absolute Gasteiger partial charge is 0.326 e. The van der Waals surface area contributed by atoms with Crippen LogP contribution in [0.5, 0.6) is 0 Å². The van der Waals surface area contributed by atoms with Crippen LogP contribution in [0.1, 0.15) is 32.8 Å². The molecule has 0 saturated heterocycles. The van der Waals surface area contributed by atoms with E-state index in [1.807, 2.05) is 42.7 Å². The first kappa shape index (κ1) is 21.1. The predicted molar refractivity (Wildman–Crippen MR) is 122 cm³/mol. The molecule has 0 aliphatic carbocycles. The van der Waals surface area contributed by atoms with Crippen molar-refractivity contribution in [3.63, 3.8) is 0 Å². The van der Waals surface area contributed by atoms with Crippen LogP contribution in [0.3, 0.4) is 0 Å². The van der Waals surface area contributed by atoms with Crippen molar-refractivity contribution in [3.8, 4) is 11.4 Å². The van der Waals surface area contributed by atoms with Crippen LogP contribution in [0, 0.1) is 0 Å². The Morgan fingerprint density at radius 3 is 2.41 bits per heavy atom. The molecule has 3 rings (SSSR count). The number of carbonyl (C=O) groups is 1. The minimum Gasteiger partial charge on any atom is -0.480 e. The van der Waals surface area contributed by atoms with Gasteiger partial charge in [-0.15, -0.1) is 0 Å². The predicted octanol–water partition coefficient (Wildman–Crippen LogP) is 5.21. The summed E-state index contributed by atoms with van der Waals surface area (Å²) in [5.74, 6) is 1.02. The van der Waals surface area contributed by atoms with Crippen molar-refractivity contribution in [3.05, 3.63) is 54.1 Å². The molecule has 6 heteroatoms. The minimum absolute atomic E-state index is 0.0709. The normalized spacial score (nSPS) is 12.7. The molecule has 5 nitrogen and oxygen atoms in total. The van der Waals surface area contributed by atoms with Gasteiger partial charge in [0.15, 0.2) is 5.82 Å². The number of anilines is 1. The molecule has 0 amide bonds. The largest absolute Gasteiger partial charge is 0.480 e. The summed E-state index contributed by atoms with van der Waals surface area (Å²) in [5, 5.41) is 13.6. The summed E-state index contributed by atoms with van der Waals surface area (Å²) in [6.45, 7) is 6.53. The van der Waals surface area contributed by atoms with Crippen LogP contribution in [0.15, 0.2) is 48.5 Å². The molecule has 0 aliphatic rings. The third-order valence-corrected chi connectivity index (χ3v) is 5.48. The Morgan fingerprint density at radius 2 is 1.79 bits per heavy atom. The second-order valence-corrected chi connectivity index (χ2v) is 9.04. The van der Waals surface area contributed by atoms with Gasteiger partial charge >= 0.3 is 5.97 Å². The van der Waals surface area contributed by atoms with Crippen LogP contribution in [-0.4, -0.2) is 39.1 Å². The number of aliphatic carboxylic acids is 1. The molecule has 152 valence electrons. The van der Waals surface area contributed by atoms with Crippen molar-refractivity contribution < 1.29 is 9.90 Å². The lowest BCUT2D eigenvalue weighted by molar-refractivity contribution is -0.137. The fraction of sp³-hybridized carbons (Fsp3) is 0.348. The van der Waals surface area contributed by atoms with E-state index >= 15 is 0 Å². The number of fused-ring (bicyclic) bond motifs is 1. The third-order valence-electron chi connectivity index (χ3n) is 4.83. The summed E-state index contributed by atoms with van der Waals surface area (Å²) >= 11 is 1.63. The quantitative estimate of drug-likeness (QED) is 0.558. The molecule has 1 heterocycles. The molecule has 0 bridgehead atoms. The van der Waals surface area contributed by atoms with Crippen LogP contribution in [0.25, 0.3) is 22.3 Å². The van der Waals surface area contributed by atoms with E-state index in [1.54, 1.807) is 11.8 Å². The molecule has 0 spiro atoms. The molecule has 0 radical (unpaired) electrons. The van der Waals surface area contributed by atoms with Gasteiger partial charge < -0.3 is 10.4 Å². The number of aromatic nitrogens is 2. The Labute approximate surface area is 176 Å². The average Bonchev–Trinajstić information content (AvgIpc) is 2.70. The van der Waals surface area contributed by atoms with Crippen LogP contribution >= 0.6 is 11.8 Å². The fourth-order valence-corrected chi connectivity index (χ4v) is 3.56. The lowest BCUT2D eigenvalue weighted by Gasteiger charge is -2.19. The van der Waals surface area contributed by atoms with E-state index in [0.29, 0.717) is 18.1 Å². The summed E-state index contributed by atoms with van der Waals surface area (Å²) in [6.07, 6.45) is 2.49. The fourth-order valence-electron chi connectivity index (χ4n) is 3.09. The molecular weight excluding hydrogens is 382 g/mol. The highest BCUT2D eigenvalue weighted by atomic mass is 32.2. The zero-order valence-corrected chi connectivity index (χ0v) is 18.1. The number of hydrogen-bond donors (Lipinski definition) is 2. The zero-order chi connectivity index (χ0) is 21.0. The topological polar surface area (TPSA) is 75.1 Å². The number of nitrogens with zero attached hydrogens (tertiary/aromatic N) is 2. The van der Waals surface area contributed by atoms with Crippen LogP contribution in [-0.2, 0) is 10.2 Å². The maximum Gasteiger partial charge on any atom is 0.326 e. The van der Waals surface area contributed by atoms with Gasteiger partial charge in [-0.2, -0.15) is 11.8 Å². The molecule has 0 fully saturated rings. The van der Waals surface area contributed by atoms with E-state index in [0.717, 1.165) is 22.2 Å². The minimum atomic E-state index is -0.877. The Morgan fingerprint density at radius 1 is 1.10 bits per heavy atom. The molecule has 0 aliphatic heterocycles. The van der Waals surface area contributed by atoms with Gasteiger partial charge in [0.05, 0.1) is 5.52 Å². The van der Waals surface area contributed by atoms with E-state index in [4.69, 9.17) is 9.97 Å². The number of carboxylic acid groups (broad SMARTS) is 1. The molecule has 2 aromatic carbocycles. The first-order valence-corrected chi connectivity index (χ1v) is 11.0. The van der Waals surface area contributed by atoms with Gasteiger partial charge in [-0.3, -0.25) is 0 Å². The second-order valence-electron chi connectivity index (χ2n) is 8.06. The molecule has 1 atom stereocenters. The Balaban J connectivity index is 2.03. The van der Waals surface area contributed by atoms with Crippen molar-refractivity contribution in [2.24, 2.45) is 0 Å². The summed E-state index contributed by atoms with van der Waals surface area (Å²) < 4.78 is 0. The number of thioether (sulfide) groups is 1. The maximum atomic E-state index is 11.7. The van der Waals surface area contributed by atoms with Crippen LogP contribution < -0.4 is 5.32 Å². The van der Waals surface area contributed by atoms with Gasteiger partial charge in [-0.05, 0) is 41.5 Å². The third kappa shape index (κ3) is 5.07. The number of nitrogens with one attached hydrogen (secondary N) is 1. The van der Waals surface area contributed by atoms with E-state index in [2.05, 4.69) is 38.2 Å². The molecule has 0 unspecified atom stereocenters. The highest BCUT2D eigenvalue weighted by Gasteiger charge is 2.20. The zero-order valence-electron chi connectivity index (χ0n) is 17.3. The Hall–Kier alpha value is -2.60. The van der Waals surface area contributed by atoms with Gasteiger partial charge in [0, 0.05) is 10.9 Å². The summed E-state index contributed by atoms with van der Waals surface area (Å²) in [4.78, 5) is 21.1. The highest BCUT2D eigenvalue weighted by molar-refractivity contribution is 7.98. The lowest BCUT2D eigenvalue weighted by Crippen LogP contribution is -2.30. The van der Waals surface area contributed by atoms with Gasteiger partial charge in [0.25, 0.3) is 0 Å². The monoisotopic (exact) mass is 409 g/mol. The van der Waals surface area contributed by atoms with Crippen LogP contribution in [0.4, 0.5) is 5.82 Å². The SMILES string of the molecule is CSCC[C@@H](Nc1nc(-c2ccc(C(C)(C)C)cc2)nc2ccccc12)C(=O)O. The summed E-state index contributed by atoms with van der Waals surface area (Å²) in [6, 6.07) is 15.2. The standard InChI is InChI=1S/C23H27N3O2S/c1-23(2,3)16-11-9-15(10-12-16)20-24-18-8-6-5-7-17(18)21(26-20)25-19(22(27)28)13-14-29-4/h5-12,19H,13-14H2,1-4H3,(H,27,28)(H,24,25,26)/t19-/m1/s1. The average molecular weight is 410 g/mol. The molecule has 1 aromatic heterocycles. The first-order chi connectivity index (χ1) is 13.8. The molecular formula is C23H27N3O2S. The van der Waals surface area contributed by atoms with Gasteiger partial charge in [-0.1, -0.05) is 57.2 Å². The van der Waals surface area contributed by atoms with Crippen molar-refractivity contribution in [2.75, 3.05) is 17.3 Å². The number of rotatable bonds is 7. The van der Waals surface area contributed by atoms with Crippen molar-refractivity contribution in [1.82, 2.24) is 9.97 Å². The number of para-hydroxylation sites is 1. The van der Waals surface area contributed by atoms with E-state index < -0.39 is 12.0 Å². The van der Waals surface area contributed by atoms with Gasteiger partial charge in [0.2, 0.25) is 0 Å². The van der Waals surface area contributed by atoms with Crippen molar-refractivity contribution in [2.45, 2.75) is 38.6 Å². The van der Waals surface area contributed by atoms with Gasteiger partial charge in [0.1, 0.15) is 11.9 Å². The summed E-state index contributed by atoms with van der Waals surface area (Å²) in [5.41, 5.74) is 3.00. The number of hydrogen-bond acceptors (Lipinski definition) is 5. The Bertz CT molecular complexity index is 997. The van der Waals surface area contributed by atoms with Crippen LogP contribution in [0.2, 0.25) is 0 Å². The Kier molecular flexibility index (Phi) is 6.42. The number of carboxylic acids is 1.